The van der Waals surface area contributed by atoms with Crippen LogP contribution in [0.1, 0.15) is 30.5 Å². The Labute approximate surface area is 177 Å². The second-order valence-electron chi connectivity index (χ2n) is 7.52. The summed E-state index contributed by atoms with van der Waals surface area (Å²) in [6.45, 7) is 5.61. The van der Waals surface area contributed by atoms with E-state index in [2.05, 4.69) is 10.6 Å². The number of primary amides is 1. The second-order valence-corrected chi connectivity index (χ2v) is 7.52. The van der Waals surface area contributed by atoms with Crippen LogP contribution in [0.2, 0.25) is 0 Å². The molecule has 2 rings (SSSR count). The average molecular weight is 412 g/mol. The molecule has 0 heterocycles. The number of alkyl carbamates (subject to hydrolysis) is 1. The third-order valence-corrected chi connectivity index (χ3v) is 4.78. The molecule has 0 aliphatic rings. The molecule has 160 valence electrons. The predicted octanol–water partition coefficient (Wildman–Crippen LogP) is 2.46. The molecule has 0 bridgehead atoms. The van der Waals surface area contributed by atoms with Gasteiger partial charge in [-0.05, 0) is 29.5 Å². The van der Waals surface area contributed by atoms with Gasteiger partial charge in [-0.1, -0.05) is 68.4 Å². The van der Waals surface area contributed by atoms with E-state index < -0.39 is 30.0 Å². The summed E-state index contributed by atoms with van der Waals surface area (Å²) in [7, 11) is 0. The Hall–Kier alpha value is -3.35. The van der Waals surface area contributed by atoms with Gasteiger partial charge in [-0.2, -0.15) is 0 Å². The van der Waals surface area contributed by atoms with Crippen LogP contribution >= 0.6 is 0 Å². The van der Waals surface area contributed by atoms with Crippen molar-refractivity contribution in [2.75, 3.05) is 0 Å². The van der Waals surface area contributed by atoms with Crippen LogP contribution in [0, 0.1) is 12.8 Å². The first-order valence-electron chi connectivity index (χ1n) is 9.89. The first-order valence-corrected chi connectivity index (χ1v) is 9.89. The molecule has 0 aliphatic carbocycles. The lowest BCUT2D eigenvalue weighted by molar-refractivity contribution is -0.129. The number of aryl methyl sites for hydroxylation is 1. The monoisotopic (exact) mass is 411 g/mol. The highest BCUT2D eigenvalue weighted by molar-refractivity contribution is 5.91. The lowest BCUT2D eigenvalue weighted by Gasteiger charge is -2.24. The van der Waals surface area contributed by atoms with Gasteiger partial charge in [0, 0.05) is 6.42 Å². The third kappa shape index (κ3) is 6.92. The van der Waals surface area contributed by atoms with E-state index in [1.807, 2.05) is 61.5 Å². The van der Waals surface area contributed by atoms with Crippen molar-refractivity contribution >= 4 is 17.9 Å². The molecule has 4 N–H and O–H groups in total. The Bertz CT molecular complexity index is 868. The van der Waals surface area contributed by atoms with Gasteiger partial charge >= 0.3 is 6.09 Å². The van der Waals surface area contributed by atoms with Gasteiger partial charge in [0.25, 0.3) is 0 Å². The SMILES string of the molecule is Cc1ccccc1C[C@@H](NC(=O)[C@@H](NC(=O)OCc1ccccc1)C(C)C)C(N)=O. The van der Waals surface area contributed by atoms with Gasteiger partial charge in [0.15, 0.2) is 0 Å². The maximum absolute atomic E-state index is 12.8. The Kier molecular flexibility index (Phi) is 8.41. The van der Waals surface area contributed by atoms with E-state index in [0.717, 1.165) is 16.7 Å². The maximum Gasteiger partial charge on any atom is 0.408 e. The van der Waals surface area contributed by atoms with Crippen LogP contribution in [0.15, 0.2) is 54.6 Å². The molecule has 3 amide bonds. The highest BCUT2D eigenvalue weighted by atomic mass is 16.5. The van der Waals surface area contributed by atoms with E-state index in [1.165, 1.54) is 0 Å². The van der Waals surface area contributed by atoms with Crippen LogP contribution in [-0.2, 0) is 27.4 Å². The van der Waals surface area contributed by atoms with E-state index in [9.17, 15) is 14.4 Å². The third-order valence-electron chi connectivity index (χ3n) is 4.78. The Morgan fingerprint density at radius 2 is 1.60 bits per heavy atom. The van der Waals surface area contributed by atoms with Crippen molar-refractivity contribution in [1.29, 1.82) is 0 Å². The number of benzene rings is 2. The Morgan fingerprint density at radius 3 is 2.20 bits per heavy atom. The zero-order valence-corrected chi connectivity index (χ0v) is 17.6. The van der Waals surface area contributed by atoms with Crippen LogP contribution in [0.5, 0.6) is 0 Å². The van der Waals surface area contributed by atoms with Crippen molar-refractivity contribution in [3.8, 4) is 0 Å². The number of amides is 3. The number of ether oxygens (including phenoxy) is 1. The van der Waals surface area contributed by atoms with Crippen molar-refractivity contribution in [2.24, 2.45) is 11.7 Å². The minimum atomic E-state index is -0.887. The molecule has 7 nitrogen and oxygen atoms in total. The van der Waals surface area contributed by atoms with Crippen LogP contribution < -0.4 is 16.4 Å². The zero-order valence-electron chi connectivity index (χ0n) is 17.6. The summed E-state index contributed by atoms with van der Waals surface area (Å²) in [5.41, 5.74) is 8.26. The fourth-order valence-electron chi connectivity index (χ4n) is 2.97. The molecule has 2 aromatic carbocycles. The normalized spacial score (nSPS) is 12.7. The molecule has 0 aromatic heterocycles. The van der Waals surface area contributed by atoms with Crippen molar-refractivity contribution in [1.82, 2.24) is 10.6 Å². The largest absolute Gasteiger partial charge is 0.445 e. The summed E-state index contributed by atoms with van der Waals surface area (Å²) in [5.74, 6) is -1.35. The zero-order chi connectivity index (χ0) is 22.1. The van der Waals surface area contributed by atoms with Gasteiger partial charge in [0.05, 0.1) is 0 Å². The van der Waals surface area contributed by atoms with E-state index in [4.69, 9.17) is 10.5 Å². The van der Waals surface area contributed by atoms with Gasteiger partial charge in [-0.15, -0.1) is 0 Å². The molecular formula is C23H29N3O4. The highest BCUT2D eigenvalue weighted by Gasteiger charge is 2.28. The number of hydrogen-bond donors (Lipinski definition) is 3. The van der Waals surface area contributed by atoms with Gasteiger partial charge in [0.1, 0.15) is 18.7 Å². The van der Waals surface area contributed by atoms with Crippen LogP contribution in [-0.4, -0.2) is 30.0 Å². The number of nitrogens with two attached hydrogens (primary N) is 1. The molecule has 0 spiro atoms. The molecule has 2 atom stereocenters. The number of rotatable bonds is 9. The van der Waals surface area contributed by atoms with Crippen LogP contribution in [0.3, 0.4) is 0 Å². The number of nitrogens with one attached hydrogen (secondary N) is 2. The molecule has 0 fully saturated rings. The minimum absolute atomic E-state index is 0.0936. The minimum Gasteiger partial charge on any atom is -0.445 e. The fourth-order valence-corrected chi connectivity index (χ4v) is 2.97. The van der Waals surface area contributed by atoms with Crippen molar-refractivity contribution < 1.29 is 19.1 Å². The van der Waals surface area contributed by atoms with E-state index in [1.54, 1.807) is 13.8 Å². The predicted molar refractivity (Wildman–Crippen MR) is 114 cm³/mol. The van der Waals surface area contributed by atoms with Crippen LogP contribution in [0.25, 0.3) is 0 Å². The first-order chi connectivity index (χ1) is 14.3. The lowest BCUT2D eigenvalue weighted by Crippen LogP contribution is -2.55. The molecule has 30 heavy (non-hydrogen) atoms. The molecule has 0 saturated carbocycles. The van der Waals surface area contributed by atoms with Crippen molar-refractivity contribution in [3.63, 3.8) is 0 Å². The van der Waals surface area contributed by atoms with Gasteiger partial charge in [-0.25, -0.2) is 4.79 Å². The summed E-state index contributed by atoms with van der Waals surface area (Å²) in [6, 6.07) is 15.1. The van der Waals surface area contributed by atoms with Gasteiger partial charge < -0.3 is 21.1 Å². The molecule has 7 heteroatoms. The van der Waals surface area contributed by atoms with E-state index >= 15 is 0 Å². The quantitative estimate of drug-likeness (QED) is 0.589. The summed E-state index contributed by atoms with van der Waals surface area (Å²) < 4.78 is 5.20. The summed E-state index contributed by atoms with van der Waals surface area (Å²) in [6.07, 6.45) is -0.431. The molecular weight excluding hydrogens is 382 g/mol. The lowest BCUT2D eigenvalue weighted by atomic mass is 9.99. The Balaban J connectivity index is 1.99. The first kappa shape index (κ1) is 22.9. The second kappa shape index (κ2) is 11.0. The molecule has 0 unspecified atom stereocenters. The van der Waals surface area contributed by atoms with Gasteiger partial charge in [-0.3, -0.25) is 9.59 Å². The average Bonchev–Trinajstić information content (AvgIpc) is 2.71. The van der Waals surface area contributed by atoms with Crippen LogP contribution in [0.4, 0.5) is 4.79 Å². The number of hydrogen-bond acceptors (Lipinski definition) is 4. The molecule has 0 aliphatic heterocycles. The summed E-state index contributed by atoms with van der Waals surface area (Å²) >= 11 is 0. The number of carbonyl (C=O) groups is 3. The van der Waals surface area contributed by atoms with E-state index in [0.29, 0.717) is 0 Å². The van der Waals surface area contributed by atoms with E-state index in [-0.39, 0.29) is 18.9 Å². The fraction of sp³-hybridized carbons (Fsp3) is 0.348. The molecule has 0 radical (unpaired) electrons. The number of carbonyl (C=O) groups excluding carboxylic acids is 3. The smallest absolute Gasteiger partial charge is 0.408 e. The molecule has 2 aromatic rings. The molecule has 0 saturated heterocycles. The summed E-state index contributed by atoms with van der Waals surface area (Å²) in [5, 5.41) is 5.25. The topological polar surface area (TPSA) is 111 Å². The standard InChI is InChI=1S/C23H29N3O4/c1-15(2)20(26-23(29)30-14-17-10-5-4-6-11-17)22(28)25-19(21(24)27)13-18-12-8-7-9-16(18)3/h4-12,15,19-20H,13-14H2,1-3H3,(H2,24,27)(H,25,28)(H,26,29)/t19-,20+/m1/s1. The van der Waals surface area contributed by atoms with Crippen molar-refractivity contribution in [3.05, 3.63) is 71.3 Å². The highest BCUT2D eigenvalue weighted by Crippen LogP contribution is 2.11. The Morgan fingerprint density at radius 1 is 0.967 bits per heavy atom. The maximum atomic E-state index is 12.8. The summed E-state index contributed by atoms with van der Waals surface area (Å²) in [4.78, 5) is 36.9. The van der Waals surface area contributed by atoms with Gasteiger partial charge in [0.2, 0.25) is 11.8 Å². The van der Waals surface area contributed by atoms with Crippen molar-refractivity contribution in [2.45, 2.75) is 45.9 Å².